The number of carboxylic acids is 1. The smallest absolute Gasteiger partial charge is 0.326 e. The number of nitrogens with one attached hydrogen (secondary N) is 1. The number of phenols is 2. The number of ether oxygens (including phenoxy) is 2. The monoisotopic (exact) mass is 1520 g/mol. The van der Waals surface area contributed by atoms with Crippen LogP contribution in [0.3, 0.4) is 0 Å². The van der Waals surface area contributed by atoms with Crippen molar-refractivity contribution in [1.29, 1.82) is 0 Å². The quantitative estimate of drug-likeness (QED) is 0.0989. The number of carbonyl (C=O) groups is 2. The maximum atomic E-state index is 13.1. The van der Waals surface area contributed by atoms with E-state index in [1.807, 2.05) is 136 Å². The van der Waals surface area contributed by atoms with Crippen molar-refractivity contribution in [2.75, 3.05) is 0 Å². The topological polar surface area (TPSA) is 146 Å². The van der Waals surface area contributed by atoms with Crippen molar-refractivity contribution in [1.82, 2.24) is 5.32 Å². The number of halogens is 8. The number of benzene rings is 4. The molecule has 242 valence electrons. The standard InChI is InChI=1S/C29H17I8NO8/c30-14-6-12(7-15(31)24(14)40)45-26-18(34)1-10(2-19(26)35)3-22(29(43)44)38-28(42)23(39)11-4-20(36)27(21(37)5-11)46-13-8-16(32)25(41)17(33)9-13/h1-2,4-9,22-23,39-41H,3H2,(H,38,42)(H,43,44). The fourth-order valence-corrected chi connectivity index (χ4v) is 11.5. The highest BCUT2D eigenvalue weighted by Gasteiger charge is 2.27. The Morgan fingerprint density at radius 3 is 1.37 bits per heavy atom. The average molecular weight is 1520 g/mol. The van der Waals surface area contributed by atoms with Crippen molar-refractivity contribution in [2.24, 2.45) is 0 Å². The van der Waals surface area contributed by atoms with E-state index in [9.17, 15) is 30.0 Å². The lowest BCUT2D eigenvalue weighted by atomic mass is 10.0. The molecule has 0 aromatic heterocycles. The first-order valence-electron chi connectivity index (χ1n) is 12.5. The summed E-state index contributed by atoms with van der Waals surface area (Å²) >= 11 is 16.4. The van der Waals surface area contributed by atoms with Gasteiger partial charge in [0.2, 0.25) is 0 Å². The fraction of sp³-hybridized carbons (Fsp3) is 0.103. The van der Waals surface area contributed by atoms with Gasteiger partial charge in [-0.3, -0.25) is 4.79 Å². The van der Waals surface area contributed by atoms with Crippen LogP contribution in [0.15, 0.2) is 48.5 Å². The summed E-state index contributed by atoms with van der Waals surface area (Å²) in [6.07, 6.45) is -1.65. The Hall–Kier alpha value is 0.820. The molecule has 0 radical (unpaired) electrons. The molecule has 2 atom stereocenters. The van der Waals surface area contributed by atoms with Gasteiger partial charge < -0.3 is 35.2 Å². The van der Waals surface area contributed by atoms with E-state index in [4.69, 9.17) is 9.47 Å². The summed E-state index contributed by atoms with van der Waals surface area (Å²) in [5.41, 5.74) is 0.934. The molecule has 0 saturated heterocycles. The minimum absolute atomic E-state index is 0.0266. The van der Waals surface area contributed by atoms with Gasteiger partial charge >= 0.3 is 5.97 Å². The number of hydrogen-bond donors (Lipinski definition) is 5. The van der Waals surface area contributed by atoms with Gasteiger partial charge in [-0.2, -0.15) is 0 Å². The highest BCUT2D eigenvalue weighted by molar-refractivity contribution is 14.1. The molecule has 0 bridgehead atoms. The van der Waals surface area contributed by atoms with Crippen molar-refractivity contribution in [3.8, 4) is 34.5 Å². The van der Waals surface area contributed by atoms with E-state index >= 15 is 0 Å². The van der Waals surface area contributed by atoms with Gasteiger partial charge in [-0.1, -0.05) is 0 Å². The number of aliphatic carboxylic acids is 1. The van der Waals surface area contributed by atoms with Crippen LogP contribution in [0.2, 0.25) is 0 Å². The Morgan fingerprint density at radius 1 is 0.630 bits per heavy atom. The molecule has 0 spiro atoms. The van der Waals surface area contributed by atoms with Gasteiger partial charge in [-0.15, -0.1) is 0 Å². The lowest BCUT2D eigenvalue weighted by molar-refractivity contribution is -0.143. The van der Waals surface area contributed by atoms with Crippen LogP contribution in [0.5, 0.6) is 34.5 Å². The Labute approximate surface area is 372 Å². The number of hydrogen-bond acceptors (Lipinski definition) is 7. The van der Waals surface area contributed by atoms with E-state index in [-0.39, 0.29) is 23.5 Å². The highest BCUT2D eigenvalue weighted by Crippen LogP contribution is 2.39. The van der Waals surface area contributed by atoms with Crippen molar-refractivity contribution in [3.05, 3.63) is 88.2 Å². The maximum absolute atomic E-state index is 13.1. The second kappa shape index (κ2) is 17.4. The Morgan fingerprint density at radius 2 is 1.00 bits per heavy atom. The van der Waals surface area contributed by atoms with Gasteiger partial charge in [0.15, 0.2) is 17.6 Å². The molecule has 4 rings (SSSR count). The summed E-state index contributed by atoms with van der Waals surface area (Å²) in [6, 6.07) is 12.3. The van der Waals surface area contributed by atoms with Crippen molar-refractivity contribution < 1.29 is 39.5 Å². The molecule has 4 aromatic carbocycles. The zero-order valence-electron chi connectivity index (χ0n) is 22.4. The third kappa shape index (κ3) is 9.99. The van der Waals surface area contributed by atoms with Gasteiger partial charge in [0.05, 0.1) is 28.6 Å². The Bertz CT molecular complexity index is 1760. The van der Waals surface area contributed by atoms with E-state index in [2.05, 4.69) is 50.5 Å². The van der Waals surface area contributed by atoms with Crippen LogP contribution < -0.4 is 14.8 Å². The SMILES string of the molecule is O=C(O)C(Cc1cc(I)c(Oc2cc(I)c(O)c(I)c2)c(I)c1)NC(=O)C(O)c1cc(I)c(Oc2cc(I)c(O)c(I)c2)c(I)c1. The van der Waals surface area contributed by atoms with Crippen molar-refractivity contribution in [3.63, 3.8) is 0 Å². The number of aromatic hydroxyl groups is 2. The van der Waals surface area contributed by atoms with Crippen LogP contribution in [0.25, 0.3) is 0 Å². The van der Waals surface area contributed by atoms with Crippen molar-refractivity contribution >= 4 is 193 Å². The molecule has 0 fully saturated rings. The van der Waals surface area contributed by atoms with Crippen LogP contribution in [-0.4, -0.2) is 38.3 Å². The van der Waals surface area contributed by atoms with Crippen LogP contribution in [0, 0.1) is 28.6 Å². The summed E-state index contributed by atoms with van der Waals surface area (Å²) in [7, 11) is 0. The summed E-state index contributed by atoms with van der Waals surface area (Å²) in [5, 5.41) is 43.4. The van der Waals surface area contributed by atoms with E-state index in [0.29, 0.717) is 50.0 Å². The highest BCUT2D eigenvalue weighted by atomic mass is 127. The summed E-state index contributed by atoms with van der Waals surface area (Å²) < 4.78 is 17.5. The average Bonchev–Trinajstić information content (AvgIpc) is 2.97. The lowest BCUT2D eigenvalue weighted by Crippen LogP contribution is -2.44. The molecule has 0 aliphatic heterocycles. The molecular weight excluding hydrogens is 1510 g/mol. The number of rotatable bonds is 10. The lowest BCUT2D eigenvalue weighted by Gasteiger charge is -2.20. The number of aliphatic hydroxyl groups is 1. The first kappa shape index (κ1) is 39.6. The first-order chi connectivity index (χ1) is 21.5. The Kier molecular flexibility index (Phi) is 14.9. The predicted molar refractivity (Wildman–Crippen MR) is 239 cm³/mol. The largest absolute Gasteiger partial charge is 0.506 e. The molecule has 5 N–H and O–H groups in total. The van der Waals surface area contributed by atoms with Crippen LogP contribution in [0.1, 0.15) is 17.2 Å². The van der Waals surface area contributed by atoms with Gasteiger partial charge in [0.25, 0.3) is 5.91 Å². The minimum Gasteiger partial charge on any atom is -0.506 e. The number of carbonyl (C=O) groups excluding carboxylic acids is 1. The Balaban J connectivity index is 1.48. The van der Waals surface area contributed by atoms with Crippen LogP contribution >= 0.6 is 181 Å². The second-order valence-corrected chi connectivity index (χ2v) is 18.7. The van der Waals surface area contributed by atoms with Crippen molar-refractivity contribution in [2.45, 2.75) is 18.6 Å². The second-order valence-electron chi connectivity index (χ2n) is 9.38. The number of phenolic OH excluding ortho intramolecular Hbond substituents is 2. The zero-order chi connectivity index (χ0) is 34.0. The molecule has 9 nitrogen and oxygen atoms in total. The molecule has 0 heterocycles. The summed E-state index contributed by atoms with van der Waals surface area (Å²) in [6.45, 7) is 0. The summed E-state index contributed by atoms with van der Waals surface area (Å²) in [4.78, 5) is 25.3. The fourth-order valence-electron chi connectivity index (χ4n) is 3.94. The molecule has 0 aliphatic rings. The summed E-state index contributed by atoms with van der Waals surface area (Å²) in [5.74, 6) is 0.435. The zero-order valence-corrected chi connectivity index (χ0v) is 39.7. The van der Waals surface area contributed by atoms with Gasteiger partial charge in [0.1, 0.15) is 29.0 Å². The molecule has 17 heteroatoms. The number of aliphatic hydroxyl groups excluding tert-OH is 1. The molecule has 46 heavy (non-hydrogen) atoms. The molecule has 2 unspecified atom stereocenters. The normalized spacial score (nSPS) is 12.4. The van der Waals surface area contributed by atoms with Crippen LogP contribution in [0.4, 0.5) is 0 Å². The van der Waals surface area contributed by atoms with E-state index in [1.165, 1.54) is 0 Å². The van der Waals surface area contributed by atoms with Gasteiger partial charge in [-0.25, -0.2) is 4.79 Å². The number of carboxylic acid groups (broad SMARTS) is 1. The van der Waals surface area contributed by atoms with E-state index in [1.54, 1.807) is 48.5 Å². The number of amides is 1. The van der Waals surface area contributed by atoms with Gasteiger partial charge in [-0.05, 0) is 240 Å². The molecule has 4 aromatic rings. The predicted octanol–water partition coefficient (Wildman–Crippen LogP) is 9.36. The van der Waals surface area contributed by atoms with E-state index < -0.39 is 24.0 Å². The van der Waals surface area contributed by atoms with Crippen LogP contribution in [-0.2, 0) is 16.0 Å². The third-order valence-electron chi connectivity index (χ3n) is 6.12. The molecule has 1 amide bonds. The molecule has 0 saturated carbocycles. The first-order valence-corrected chi connectivity index (χ1v) is 21.1. The molecular formula is C29H17I8NO8. The minimum atomic E-state index is -1.62. The van der Waals surface area contributed by atoms with Gasteiger partial charge in [0, 0.05) is 6.42 Å². The molecule has 0 aliphatic carbocycles. The van der Waals surface area contributed by atoms with E-state index in [0.717, 1.165) is 7.14 Å². The third-order valence-corrected chi connectivity index (χ3v) is 12.6. The maximum Gasteiger partial charge on any atom is 0.326 e.